The van der Waals surface area contributed by atoms with Gasteiger partial charge in [0.2, 0.25) is 11.8 Å². The molecular weight excluding hydrogens is 326 g/mol. The number of nitrogens with zero attached hydrogens (tertiary/aromatic N) is 5. The van der Waals surface area contributed by atoms with Crippen molar-refractivity contribution < 1.29 is 4.42 Å². The molecule has 2 aromatic heterocycles. The molecule has 0 aliphatic carbocycles. The summed E-state index contributed by atoms with van der Waals surface area (Å²) in [6.45, 7) is 9.56. The number of piperidine rings is 1. The molecule has 6 heteroatoms. The van der Waals surface area contributed by atoms with Crippen molar-refractivity contribution >= 4 is 0 Å². The van der Waals surface area contributed by atoms with Gasteiger partial charge in [-0.2, -0.15) is 0 Å². The van der Waals surface area contributed by atoms with Gasteiger partial charge in [-0.3, -0.25) is 9.88 Å². The molecule has 1 atom stereocenters. The van der Waals surface area contributed by atoms with E-state index >= 15 is 0 Å². The van der Waals surface area contributed by atoms with Gasteiger partial charge in [0.25, 0.3) is 0 Å². The number of hydrogen-bond acceptors (Lipinski definition) is 6. The minimum Gasteiger partial charge on any atom is -0.425 e. The normalized spacial score (nSPS) is 23.9. The summed E-state index contributed by atoms with van der Waals surface area (Å²) in [7, 11) is 2.21. The predicted molar refractivity (Wildman–Crippen MR) is 99.8 cm³/mol. The first kappa shape index (κ1) is 17.6. The summed E-state index contributed by atoms with van der Waals surface area (Å²) in [6, 6.07) is 4.18. The molecule has 2 aliphatic heterocycles. The van der Waals surface area contributed by atoms with Crippen LogP contribution in [0.1, 0.15) is 55.9 Å². The Kier molecular flexibility index (Phi) is 4.80. The molecule has 2 saturated heterocycles. The van der Waals surface area contributed by atoms with E-state index in [1.165, 1.54) is 18.4 Å². The van der Waals surface area contributed by atoms with Crippen molar-refractivity contribution in [3.8, 4) is 0 Å². The van der Waals surface area contributed by atoms with Crippen LogP contribution < -0.4 is 0 Å². The first-order valence-electron chi connectivity index (χ1n) is 9.69. The summed E-state index contributed by atoms with van der Waals surface area (Å²) in [5, 5.41) is 8.71. The molecule has 0 radical (unpaired) electrons. The van der Waals surface area contributed by atoms with Crippen LogP contribution in [0.4, 0.5) is 0 Å². The highest BCUT2D eigenvalue weighted by molar-refractivity contribution is 5.12. The molecule has 2 fully saturated rings. The standard InChI is InChI=1S/C20H29N5O/c1-15(2)18-22-23-19(26-18)17-13-24(3)14-20(17)6-9-25(10-7-20)12-16-5-4-8-21-11-16/h4-5,8,11,15,17H,6-7,9-10,12-14H2,1-3H3. The Morgan fingerprint density at radius 1 is 1.27 bits per heavy atom. The van der Waals surface area contributed by atoms with Crippen molar-refractivity contribution in [3.05, 3.63) is 41.9 Å². The van der Waals surface area contributed by atoms with Crippen LogP contribution in [-0.2, 0) is 6.54 Å². The Hall–Kier alpha value is -1.79. The molecule has 2 aliphatic rings. The lowest BCUT2D eigenvalue weighted by molar-refractivity contribution is 0.0872. The molecule has 4 rings (SSSR count). The number of aromatic nitrogens is 3. The first-order valence-corrected chi connectivity index (χ1v) is 9.69. The first-order chi connectivity index (χ1) is 12.6. The van der Waals surface area contributed by atoms with E-state index in [-0.39, 0.29) is 11.3 Å². The fourth-order valence-corrected chi connectivity index (χ4v) is 4.59. The van der Waals surface area contributed by atoms with Crippen LogP contribution in [0.3, 0.4) is 0 Å². The van der Waals surface area contributed by atoms with Crippen molar-refractivity contribution in [2.75, 3.05) is 33.2 Å². The van der Waals surface area contributed by atoms with Crippen molar-refractivity contribution in [2.45, 2.75) is 45.1 Å². The van der Waals surface area contributed by atoms with Gasteiger partial charge in [-0.05, 0) is 50.0 Å². The Bertz CT molecular complexity index is 721. The minimum absolute atomic E-state index is 0.265. The maximum atomic E-state index is 6.06. The second-order valence-corrected chi connectivity index (χ2v) is 8.38. The van der Waals surface area contributed by atoms with Crippen molar-refractivity contribution in [2.24, 2.45) is 5.41 Å². The van der Waals surface area contributed by atoms with E-state index in [2.05, 4.69) is 51.9 Å². The number of rotatable bonds is 4. The largest absolute Gasteiger partial charge is 0.425 e. The topological polar surface area (TPSA) is 58.3 Å². The molecule has 1 spiro atoms. The molecule has 6 nitrogen and oxygen atoms in total. The van der Waals surface area contributed by atoms with E-state index in [1.54, 1.807) is 0 Å². The fraction of sp³-hybridized carbons (Fsp3) is 0.650. The summed E-state index contributed by atoms with van der Waals surface area (Å²) >= 11 is 0. The SMILES string of the molecule is CC(C)c1nnc(C2CN(C)CC23CCN(Cc2cccnc2)CC3)o1. The minimum atomic E-state index is 0.265. The smallest absolute Gasteiger partial charge is 0.221 e. The third kappa shape index (κ3) is 3.40. The average Bonchev–Trinajstić information content (AvgIpc) is 3.23. The van der Waals surface area contributed by atoms with Gasteiger partial charge in [0.05, 0.1) is 5.92 Å². The zero-order chi connectivity index (χ0) is 18.1. The van der Waals surface area contributed by atoms with Crippen LogP contribution >= 0.6 is 0 Å². The highest BCUT2D eigenvalue weighted by Crippen LogP contribution is 2.49. The second kappa shape index (κ2) is 7.08. The highest BCUT2D eigenvalue weighted by atomic mass is 16.4. The van der Waals surface area contributed by atoms with E-state index < -0.39 is 0 Å². The number of hydrogen-bond donors (Lipinski definition) is 0. The van der Waals surface area contributed by atoms with Gasteiger partial charge in [-0.1, -0.05) is 19.9 Å². The molecule has 4 heterocycles. The molecule has 0 saturated carbocycles. The van der Waals surface area contributed by atoms with E-state index in [4.69, 9.17) is 4.42 Å². The Morgan fingerprint density at radius 2 is 2.08 bits per heavy atom. The maximum absolute atomic E-state index is 6.06. The van der Waals surface area contributed by atoms with Gasteiger partial charge < -0.3 is 9.32 Å². The van der Waals surface area contributed by atoms with Crippen LogP contribution in [0.5, 0.6) is 0 Å². The predicted octanol–water partition coefficient (Wildman–Crippen LogP) is 2.90. The third-order valence-electron chi connectivity index (χ3n) is 6.05. The van der Waals surface area contributed by atoms with E-state index in [9.17, 15) is 0 Å². The van der Waals surface area contributed by atoms with Gasteiger partial charge in [0, 0.05) is 37.9 Å². The maximum Gasteiger partial charge on any atom is 0.221 e. The Labute approximate surface area is 155 Å². The van der Waals surface area contributed by atoms with Gasteiger partial charge in [-0.25, -0.2) is 0 Å². The van der Waals surface area contributed by atoms with Crippen molar-refractivity contribution in [1.82, 2.24) is 25.0 Å². The average molecular weight is 355 g/mol. The fourth-order valence-electron chi connectivity index (χ4n) is 4.59. The molecule has 26 heavy (non-hydrogen) atoms. The molecule has 140 valence electrons. The molecule has 0 amide bonds. The van der Waals surface area contributed by atoms with E-state index in [0.717, 1.165) is 44.5 Å². The van der Waals surface area contributed by atoms with Crippen LogP contribution in [0.25, 0.3) is 0 Å². The van der Waals surface area contributed by atoms with E-state index in [1.807, 2.05) is 18.5 Å². The molecule has 1 unspecified atom stereocenters. The Morgan fingerprint density at radius 3 is 2.73 bits per heavy atom. The van der Waals surface area contributed by atoms with Crippen molar-refractivity contribution in [1.29, 1.82) is 0 Å². The van der Waals surface area contributed by atoms with E-state index in [0.29, 0.717) is 5.92 Å². The molecule has 0 bridgehead atoms. The van der Waals surface area contributed by atoms with Gasteiger partial charge in [-0.15, -0.1) is 10.2 Å². The number of likely N-dealkylation sites (tertiary alicyclic amines) is 2. The van der Waals surface area contributed by atoms with Crippen LogP contribution in [0.2, 0.25) is 0 Å². The highest BCUT2D eigenvalue weighted by Gasteiger charge is 2.49. The quantitative estimate of drug-likeness (QED) is 0.840. The monoisotopic (exact) mass is 355 g/mol. The zero-order valence-electron chi connectivity index (χ0n) is 16.1. The third-order valence-corrected chi connectivity index (χ3v) is 6.05. The summed E-state index contributed by atoms with van der Waals surface area (Å²) in [6.07, 6.45) is 6.18. The lowest BCUT2D eigenvalue weighted by Crippen LogP contribution is -2.43. The number of pyridine rings is 1. The van der Waals surface area contributed by atoms with Gasteiger partial charge >= 0.3 is 0 Å². The summed E-state index contributed by atoms with van der Waals surface area (Å²) in [4.78, 5) is 9.22. The van der Waals surface area contributed by atoms with Crippen LogP contribution in [0, 0.1) is 5.41 Å². The summed E-state index contributed by atoms with van der Waals surface area (Å²) in [5.74, 6) is 2.25. The van der Waals surface area contributed by atoms with Crippen LogP contribution in [-0.4, -0.2) is 58.2 Å². The summed E-state index contributed by atoms with van der Waals surface area (Å²) in [5.41, 5.74) is 1.56. The molecule has 0 aromatic carbocycles. The summed E-state index contributed by atoms with van der Waals surface area (Å²) < 4.78 is 6.06. The molecule has 2 aromatic rings. The molecular formula is C20H29N5O. The van der Waals surface area contributed by atoms with Gasteiger partial charge in [0.1, 0.15) is 0 Å². The van der Waals surface area contributed by atoms with Crippen molar-refractivity contribution in [3.63, 3.8) is 0 Å². The lowest BCUT2D eigenvalue weighted by atomic mass is 9.70. The number of likely N-dealkylation sites (N-methyl/N-ethyl adjacent to an activating group) is 1. The zero-order valence-corrected chi connectivity index (χ0v) is 16.1. The van der Waals surface area contributed by atoms with Crippen LogP contribution in [0.15, 0.2) is 28.9 Å². The van der Waals surface area contributed by atoms with Gasteiger partial charge in [0.15, 0.2) is 0 Å². The Balaban J connectivity index is 1.46. The molecule has 0 N–H and O–H groups in total. The second-order valence-electron chi connectivity index (χ2n) is 8.38. The lowest BCUT2D eigenvalue weighted by Gasteiger charge is -2.41.